The molecular weight excluding hydrogens is 326 g/mol. The number of hydrogen-bond acceptors (Lipinski definition) is 2. The number of carbonyl (C=O) groups excluding carboxylic acids is 2. The summed E-state index contributed by atoms with van der Waals surface area (Å²) in [6, 6.07) is 10.5. The van der Waals surface area contributed by atoms with Gasteiger partial charge in [-0.1, -0.05) is 32.0 Å². The summed E-state index contributed by atoms with van der Waals surface area (Å²) in [6.45, 7) is 6.84. The molecule has 3 rings (SSSR count). The van der Waals surface area contributed by atoms with E-state index in [1.807, 2.05) is 24.8 Å². The first-order valence-electron chi connectivity index (χ1n) is 9.66. The number of aromatic nitrogens is 1. The highest BCUT2D eigenvalue weighted by Crippen LogP contribution is 2.19. The van der Waals surface area contributed by atoms with Gasteiger partial charge in [-0.3, -0.25) is 9.59 Å². The quantitative estimate of drug-likeness (QED) is 0.810. The molecular formula is C21H29N3O2. The lowest BCUT2D eigenvalue weighted by Crippen LogP contribution is -2.44. The highest BCUT2D eigenvalue weighted by Gasteiger charge is 2.27. The van der Waals surface area contributed by atoms with E-state index in [1.165, 1.54) is 10.9 Å². The Morgan fingerprint density at radius 3 is 2.62 bits per heavy atom. The molecule has 1 saturated heterocycles. The molecule has 1 aliphatic heterocycles. The van der Waals surface area contributed by atoms with E-state index in [0.717, 1.165) is 25.8 Å². The molecule has 1 fully saturated rings. The first-order chi connectivity index (χ1) is 12.6. The smallest absolute Gasteiger partial charge is 0.225 e. The number of carbonyl (C=O) groups is 2. The third kappa shape index (κ3) is 4.26. The summed E-state index contributed by atoms with van der Waals surface area (Å²) in [7, 11) is 0. The fourth-order valence-corrected chi connectivity index (χ4v) is 3.67. The van der Waals surface area contributed by atoms with Gasteiger partial charge in [0, 0.05) is 49.7 Å². The molecule has 0 bridgehead atoms. The van der Waals surface area contributed by atoms with Gasteiger partial charge in [-0.25, -0.2) is 0 Å². The summed E-state index contributed by atoms with van der Waals surface area (Å²) >= 11 is 0. The van der Waals surface area contributed by atoms with Crippen LogP contribution in [-0.4, -0.2) is 40.9 Å². The van der Waals surface area contributed by atoms with Gasteiger partial charge in [0.25, 0.3) is 0 Å². The Morgan fingerprint density at radius 1 is 1.15 bits per heavy atom. The maximum Gasteiger partial charge on any atom is 0.225 e. The zero-order valence-electron chi connectivity index (χ0n) is 15.8. The highest BCUT2D eigenvalue weighted by atomic mass is 16.2. The molecule has 0 spiro atoms. The second-order valence-corrected chi connectivity index (χ2v) is 7.47. The van der Waals surface area contributed by atoms with E-state index in [9.17, 15) is 9.59 Å². The molecule has 2 heterocycles. The lowest BCUT2D eigenvalue weighted by Gasteiger charge is -2.32. The zero-order valence-corrected chi connectivity index (χ0v) is 15.8. The minimum Gasteiger partial charge on any atom is -0.356 e. The van der Waals surface area contributed by atoms with Crippen molar-refractivity contribution in [3.8, 4) is 0 Å². The van der Waals surface area contributed by atoms with Crippen LogP contribution < -0.4 is 5.32 Å². The lowest BCUT2D eigenvalue weighted by atomic mass is 9.95. The first kappa shape index (κ1) is 18.5. The standard InChI is InChI=1S/C21H29N3O2/c1-16(2)21(26)24-14-9-18(10-15-24)20(25)22-11-5-12-23-13-8-17-6-3-4-7-19(17)23/h3-4,6-8,13,16,18H,5,9-12,14-15H2,1-2H3,(H,22,25). The summed E-state index contributed by atoms with van der Waals surface area (Å²) in [4.78, 5) is 26.3. The SMILES string of the molecule is CC(C)C(=O)N1CCC(C(=O)NCCCn2ccc3ccccc32)CC1. The Labute approximate surface area is 155 Å². The molecule has 5 heteroatoms. The van der Waals surface area contributed by atoms with Crippen LogP contribution in [0.15, 0.2) is 36.5 Å². The summed E-state index contributed by atoms with van der Waals surface area (Å²) in [6.07, 6.45) is 4.56. The van der Waals surface area contributed by atoms with Gasteiger partial charge in [-0.15, -0.1) is 0 Å². The van der Waals surface area contributed by atoms with Crippen LogP contribution in [0.4, 0.5) is 0 Å². The fraction of sp³-hybridized carbons (Fsp3) is 0.524. The fourth-order valence-electron chi connectivity index (χ4n) is 3.67. The van der Waals surface area contributed by atoms with Crippen molar-refractivity contribution in [2.75, 3.05) is 19.6 Å². The van der Waals surface area contributed by atoms with E-state index in [-0.39, 0.29) is 23.7 Å². The van der Waals surface area contributed by atoms with Gasteiger partial charge in [0.1, 0.15) is 0 Å². The monoisotopic (exact) mass is 355 g/mol. The largest absolute Gasteiger partial charge is 0.356 e. The predicted molar refractivity (Wildman–Crippen MR) is 104 cm³/mol. The molecule has 0 aliphatic carbocycles. The van der Waals surface area contributed by atoms with Crippen molar-refractivity contribution >= 4 is 22.7 Å². The lowest BCUT2D eigenvalue weighted by molar-refractivity contribution is -0.138. The van der Waals surface area contributed by atoms with Gasteiger partial charge in [-0.05, 0) is 36.8 Å². The van der Waals surface area contributed by atoms with Crippen molar-refractivity contribution in [2.45, 2.75) is 39.7 Å². The van der Waals surface area contributed by atoms with Crippen molar-refractivity contribution in [3.63, 3.8) is 0 Å². The van der Waals surface area contributed by atoms with Crippen LogP contribution >= 0.6 is 0 Å². The molecule has 140 valence electrons. The second-order valence-electron chi connectivity index (χ2n) is 7.47. The van der Waals surface area contributed by atoms with Crippen LogP contribution in [0.3, 0.4) is 0 Å². The molecule has 1 aromatic heterocycles. The van der Waals surface area contributed by atoms with Crippen LogP contribution in [-0.2, 0) is 16.1 Å². The third-order valence-electron chi connectivity index (χ3n) is 5.23. The van der Waals surface area contributed by atoms with Gasteiger partial charge in [-0.2, -0.15) is 0 Å². The highest BCUT2D eigenvalue weighted by molar-refractivity contribution is 5.81. The molecule has 26 heavy (non-hydrogen) atoms. The Balaban J connectivity index is 1.39. The normalized spacial score (nSPS) is 15.6. The Morgan fingerprint density at radius 2 is 1.88 bits per heavy atom. The molecule has 1 aliphatic rings. The van der Waals surface area contributed by atoms with Crippen LogP contribution in [0, 0.1) is 11.8 Å². The number of hydrogen-bond donors (Lipinski definition) is 1. The number of likely N-dealkylation sites (tertiary alicyclic amines) is 1. The minimum absolute atomic E-state index is 0.0325. The van der Waals surface area contributed by atoms with Crippen LogP contribution in [0.25, 0.3) is 10.9 Å². The molecule has 1 aromatic carbocycles. The number of aryl methyl sites for hydroxylation is 1. The number of benzene rings is 1. The first-order valence-corrected chi connectivity index (χ1v) is 9.66. The molecule has 5 nitrogen and oxygen atoms in total. The van der Waals surface area contributed by atoms with Crippen molar-refractivity contribution < 1.29 is 9.59 Å². The Hall–Kier alpha value is -2.30. The van der Waals surface area contributed by atoms with E-state index in [0.29, 0.717) is 19.6 Å². The number of nitrogens with one attached hydrogen (secondary N) is 1. The van der Waals surface area contributed by atoms with Crippen LogP contribution in [0.5, 0.6) is 0 Å². The summed E-state index contributed by atoms with van der Waals surface area (Å²) in [5.74, 6) is 0.408. The van der Waals surface area contributed by atoms with E-state index in [4.69, 9.17) is 0 Å². The van der Waals surface area contributed by atoms with E-state index >= 15 is 0 Å². The number of para-hydroxylation sites is 1. The number of rotatable bonds is 6. The molecule has 2 amide bonds. The van der Waals surface area contributed by atoms with Crippen molar-refractivity contribution in [1.29, 1.82) is 0 Å². The van der Waals surface area contributed by atoms with E-state index in [1.54, 1.807) is 0 Å². The molecule has 0 saturated carbocycles. The maximum absolute atomic E-state index is 12.4. The number of nitrogens with zero attached hydrogens (tertiary/aromatic N) is 2. The van der Waals surface area contributed by atoms with Crippen LogP contribution in [0.1, 0.15) is 33.1 Å². The van der Waals surface area contributed by atoms with Gasteiger partial charge >= 0.3 is 0 Å². The molecule has 1 N–H and O–H groups in total. The predicted octanol–water partition coefficient (Wildman–Crippen LogP) is 3.04. The van der Waals surface area contributed by atoms with E-state index in [2.05, 4.69) is 40.3 Å². The van der Waals surface area contributed by atoms with E-state index < -0.39 is 0 Å². The summed E-state index contributed by atoms with van der Waals surface area (Å²) < 4.78 is 2.23. The minimum atomic E-state index is 0.0325. The maximum atomic E-state index is 12.4. The number of piperidine rings is 1. The van der Waals surface area contributed by atoms with Crippen molar-refractivity contribution in [3.05, 3.63) is 36.5 Å². The van der Waals surface area contributed by atoms with Crippen molar-refractivity contribution in [1.82, 2.24) is 14.8 Å². The molecule has 0 unspecified atom stereocenters. The second kappa shape index (κ2) is 8.39. The number of amides is 2. The number of fused-ring (bicyclic) bond motifs is 1. The third-order valence-corrected chi connectivity index (χ3v) is 5.23. The molecule has 0 radical (unpaired) electrons. The molecule has 0 atom stereocenters. The topological polar surface area (TPSA) is 54.3 Å². The average molecular weight is 355 g/mol. The Bertz CT molecular complexity index is 757. The van der Waals surface area contributed by atoms with Crippen LogP contribution in [0.2, 0.25) is 0 Å². The van der Waals surface area contributed by atoms with Gasteiger partial charge < -0.3 is 14.8 Å². The molecule has 2 aromatic rings. The Kier molecular flexibility index (Phi) is 5.96. The summed E-state index contributed by atoms with van der Waals surface area (Å²) in [5.41, 5.74) is 1.24. The zero-order chi connectivity index (χ0) is 18.5. The van der Waals surface area contributed by atoms with Gasteiger partial charge in [0.15, 0.2) is 0 Å². The van der Waals surface area contributed by atoms with Gasteiger partial charge in [0.2, 0.25) is 11.8 Å². The van der Waals surface area contributed by atoms with Gasteiger partial charge in [0.05, 0.1) is 0 Å². The van der Waals surface area contributed by atoms with Crippen molar-refractivity contribution in [2.24, 2.45) is 11.8 Å². The summed E-state index contributed by atoms with van der Waals surface area (Å²) in [5, 5.41) is 4.32. The average Bonchev–Trinajstić information content (AvgIpc) is 3.07.